The van der Waals surface area contributed by atoms with Gasteiger partial charge >= 0.3 is 23.5 Å². The van der Waals surface area contributed by atoms with Gasteiger partial charge < -0.3 is 44.5 Å². The molecule has 2 aliphatic heterocycles. The Bertz CT molecular complexity index is 1510. The Balaban J connectivity index is 1.44. The highest BCUT2D eigenvalue weighted by Crippen LogP contribution is 2.66. The number of carbonyl (C=O) groups excluding carboxylic acids is 1. The fourth-order valence-electron chi connectivity index (χ4n) is 4.14. The Kier molecular flexibility index (Phi) is 10.0. The van der Waals surface area contributed by atoms with Crippen LogP contribution in [0.3, 0.4) is 0 Å². The molecule has 22 heteroatoms. The number of aromatic nitrogens is 1. The second kappa shape index (κ2) is 12.9. The molecule has 0 radical (unpaired) electrons. The van der Waals surface area contributed by atoms with Crippen molar-refractivity contribution < 1.29 is 75.7 Å². The van der Waals surface area contributed by atoms with E-state index in [4.69, 9.17) is 14.5 Å². The standard InChI is InChI=1S/C21H25FN3O15P3/c22-15-9-23-13(8-14(15)12-4-2-1-3-5-12)10-25-17(26)6-7-24(21(25)29)20-19(28)18(27)16(38-20)11-37-42(33,34)40-43(35,36)39-41(30,31)32/h1-9,16,18-21,27-29H,10-11H2,(H,33,34)(H,35,36)(H2,30,31,32)/t16-,18+,19?,20-,21?/m1/s1. The second-order valence-corrected chi connectivity index (χ2v) is 13.5. The van der Waals surface area contributed by atoms with E-state index in [0.717, 1.165) is 28.3 Å². The second-order valence-electron chi connectivity index (χ2n) is 9.03. The van der Waals surface area contributed by atoms with Gasteiger partial charge in [0, 0.05) is 17.8 Å². The summed E-state index contributed by atoms with van der Waals surface area (Å²) in [4.78, 5) is 54.5. The van der Waals surface area contributed by atoms with Crippen molar-refractivity contribution in [3.8, 4) is 11.1 Å². The number of phosphoric acid groups is 3. The van der Waals surface area contributed by atoms with Crippen molar-refractivity contribution in [3.05, 3.63) is 66.4 Å². The Morgan fingerprint density at radius 2 is 1.65 bits per heavy atom. The predicted molar refractivity (Wildman–Crippen MR) is 138 cm³/mol. The zero-order valence-corrected chi connectivity index (χ0v) is 24.1. The maximum Gasteiger partial charge on any atom is 0.490 e. The van der Waals surface area contributed by atoms with E-state index in [0.29, 0.717) is 5.56 Å². The minimum absolute atomic E-state index is 0.185. The van der Waals surface area contributed by atoms with Crippen LogP contribution in [0.2, 0.25) is 0 Å². The number of benzene rings is 1. The van der Waals surface area contributed by atoms with Gasteiger partial charge in [-0.05, 0) is 11.6 Å². The van der Waals surface area contributed by atoms with Gasteiger partial charge in [-0.1, -0.05) is 30.3 Å². The van der Waals surface area contributed by atoms with Crippen LogP contribution in [0, 0.1) is 5.82 Å². The highest BCUT2D eigenvalue weighted by Gasteiger charge is 2.49. The van der Waals surface area contributed by atoms with Gasteiger partial charge in [-0.2, -0.15) is 8.62 Å². The number of amides is 1. The minimum Gasteiger partial charge on any atom is -0.387 e. The van der Waals surface area contributed by atoms with Crippen LogP contribution in [0.25, 0.3) is 11.1 Å². The van der Waals surface area contributed by atoms with Crippen LogP contribution in [0.5, 0.6) is 0 Å². The quantitative estimate of drug-likeness (QED) is 0.156. The molecule has 7 N–H and O–H groups in total. The molecule has 2 aliphatic rings. The van der Waals surface area contributed by atoms with Gasteiger partial charge in [0.05, 0.1) is 25.0 Å². The zero-order valence-electron chi connectivity index (χ0n) is 21.5. The molecule has 0 bridgehead atoms. The zero-order chi connectivity index (χ0) is 31.7. The molecule has 0 spiro atoms. The third-order valence-corrected chi connectivity index (χ3v) is 9.80. The highest BCUT2D eigenvalue weighted by atomic mass is 31.3. The fraction of sp³-hybridized carbons (Fsp3) is 0.333. The highest BCUT2D eigenvalue weighted by molar-refractivity contribution is 7.66. The predicted octanol–water partition coefficient (Wildman–Crippen LogP) is 0.111. The van der Waals surface area contributed by atoms with E-state index >= 15 is 0 Å². The van der Waals surface area contributed by atoms with Crippen molar-refractivity contribution in [2.45, 2.75) is 37.4 Å². The van der Waals surface area contributed by atoms with Crippen LogP contribution >= 0.6 is 23.5 Å². The minimum atomic E-state index is -5.80. The number of pyridine rings is 1. The monoisotopic (exact) mass is 671 g/mol. The Labute approximate surface area is 241 Å². The van der Waals surface area contributed by atoms with E-state index < -0.39 is 72.7 Å². The molecule has 7 atom stereocenters. The normalized spacial score (nSPS) is 27.3. The molecule has 3 heterocycles. The van der Waals surface area contributed by atoms with Crippen LogP contribution in [0.15, 0.2) is 54.9 Å². The van der Waals surface area contributed by atoms with Gasteiger partial charge in [-0.3, -0.25) is 19.2 Å². The lowest BCUT2D eigenvalue weighted by atomic mass is 10.1. The Morgan fingerprint density at radius 3 is 2.30 bits per heavy atom. The molecule has 1 amide bonds. The summed E-state index contributed by atoms with van der Waals surface area (Å²) < 4.78 is 65.8. The van der Waals surface area contributed by atoms with Crippen molar-refractivity contribution >= 4 is 29.4 Å². The van der Waals surface area contributed by atoms with Crippen molar-refractivity contribution in [1.29, 1.82) is 0 Å². The molecule has 1 saturated heterocycles. The number of nitrogens with zero attached hydrogens (tertiary/aromatic N) is 3. The number of ether oxygens (including phenoxy) is 1. The molecule has 0 aliphatic carbocycles. The number of hydrogen-bond donors (Lipinski definition) is 7. The lowest BCUT2D eigenvalue weighted by Gasteiger charge is -2.41. The summed E-state index contributed by atoms with van der Waals surface area (Å²) in [6.45, 7) is -1.42. The van der Waals surface area contributed by atoms with Crippen LogP contribution < -0.4 is 0 Å². The topological polar surface area (TPSA) is 266 Å². The van der Waals surface area contributed by atoms with Crippen LogP contribution in [-0.2, 0) is 42.9 Å². The van der Waals surface area contributed by atoms with E-state index in [1.54, 1.807) is 30.3 Å². The van der Waals surface area contributed by atoms with Gasteiger partial charge in [0.15, 0.2) is 6.23 Å². The molecule has 236 valence electrons. The first kappa shape index (κ1) is 33.5. The summed E-state index contributed by atoms with van der Waals surface area (Å²) >= 11 is 0. The van der Waals surface area contributed by atoms with Crippen molar-refractivity contribution in [2.24, 2.45) is 0 Å². The molecule has 1 aromatic heterocycles. The number of rotatable bonds is 11. The smallest absolute Gasteiger partial charge is 0.387 e. The van der Waals surface area contributed by atoms with Gasteiger partial charge in [0.1, 0.15) is 24.1 Å². The van der Waals surface area contributed by atoms with Crippen LogP contribution in [0.4, 0.5) is 4.39 Å². The number of aliphatic hydroxyl groups is 3. The number of halogens is 1. The summed E-state index contributed by atoms with van der Waals surface area (Å²) in [6, 6.07) is 9.86. The first-order valence-corrected chi connectivity index (χ1v) is 16.4. The van der Waals surface area contributed by atoms with Crippen molar-refractivity contribution in [1.82, 2.24) is 14.8 Å². The van der Waals surface area contributed by atoms with Crippen LogP contribution in [0.1, 0.15) is 5.69 Å². The maximum absolute atomic E-state index is 14.5. The van der Waals surface area contributed by atoms with Crippen molar-refractivity contribution in [3.63, 3.8) is 0 Å². The van der Waals surface area contributed by atoms with E-state index in [-0.39, 0.29) is 17.8 Å². The molecule has 2 aromatic rings. The molecule has 1 aromatic carbocycles. The maximum atomic E-state index is 14.5. The summed E-state index contributed by atoms with van der Waals surface area (Å²) in [5.74, 6) is -1.32. The molecule has 4 unspecified atom stereocenters. The molecular formula is C21H25FN3O15P3. The number of phosphoric ester groups is 1. The average molecular weight is 671 g/mol. The van der Waals surface area contributed by atoms with E-state index in [2.05, 4.69) is 18.1 Å². The first-order chi connectivity index (χ1) is 20.0. The summed E-state index contributed by atoms with van der Waals surface area (Å²) in [5.41, 5.74) is 0.910. The molecule has 43 heavy (non-hydrogen) atoms. The van der Waals surface area contributed by atoms with Gasteiger partial charge in [0.2, 0.25) is 6.35 Å². The number of aliphatic hydroxyl groups excluding tert-OH is 3. The molecule has 18 nitrogen and oxygen atoms in total. The van der Waals surface area contributed by atoms with Gasteiger partial charge in [-0.15, -0.1) is 0 Å². The van der Waals surface area contributed by atoms with Gasteiger partial charge in [0.25, 0.3) is 5.91 Å². The number of hydrogen-bond acceptors (Lipinski definition) is 13. The fourth-order valence-corrected chi connectivity index (χ4v) is 7.17. The lowest BCUT2D eigenvalue weighted by molar-refractivity contribution is -0.192. The van der Waals surface area contributed by atoms with Crippen molar-refractivity contribution in [2.75, 3.05) is 6.61 Å². The first-order valence-electron chi connectivity index (χ1n) is 11.9. The molecule has 0 saturated carbocycles. The van der Waals surface area contributed by atoms with Crippen LogP contribution in [-0.4, -0.2) is 93.1 Å². The summed E-state index contributed by atoms with van der Waals surface area (Å²) in [7, 11) is -17.0. The summed E-state index contributed by atoms with van der Waals surface area (Å²) in [5, 5.41) is 31.9. The largest absolute Gasteiger partial charge is 0.490 e. The molecule has 1 fully saturated rings. The van der Waals surface area contributed by atoms with E-state index in [1.165, 1.54) is 6.07 Å². The lowest BCUT2D eigenvalue weighted by Crippen LogP contribution is -2.57. The summed E-state index contributed by atoms with van der Waals surface area (Å²) in [6.07, 6.45) is -5.73. The number of carbonyl (C=O) groups is 1. The van der Waals surface area contributed by atoms with Gasteiger partial charge in [-0.25, -0.2) is 18.1 Å². The third-order valence-electron chi connectivity index (χ3n) is 6.00. The molecular weight excluding hydrogens is 646 g/mol. The van der Waals surface area contributed by atoms with E-state index in [1.807, 2.05) is 0 Å². The average Bonchev–Trinajstić information content (AvgIpc) is 3.18. The SMILES string of the molecule is O=C1C=CN([C@@H]2O[C@H](COP(=O)(O)OP(=O)(O)OP(=O)(O)O)[C@H](O)C2O)C(O)N1Cc1cc(-c2ccccc2)c(F)cn1. The molecule has 4 rings (SSSR count). The Morgan fingerprint density at radius 1 is 0.977 bits per heavy atom. The van der Waals surface area contributed by atoms with E-state index in [9.17, 15) is 48.0 Å². The third kappa shape index (κ3) is 8.39. The Hall–Kier alpha value is -2.44.